The summed E-state index contributed by atoms with van der Waals surface area (Å²) >= 11 is 15.7. The monoisotopic (exact) mass is 218 g/mol. The molecule has 58 valence electrons. The molecule has 10 heavy (non-hydrogen) atoms. The molecule has 0 atom stereocenters. The Morgan fingerprint density at radius 1 is 1.20 bits per heavy atom. The molecule has 0 aromatic carbocycles. The molecule has 0 aliphatic rings. The number of halogens is 3. The van der Waals surface area contributed by atoms with E-state index in [9.17, 15) is 8.42 Å². The van der Waals surface area contributed by atoms with Gasteiger partial charge in [-0.1, -0.05) is 34.8 Å². The second kappa shape index (κ2) is 5.99. The van der Waals surface area contributed by atoms with Gasteiger partial charge in [-0.3, -0.25) is 0 Å². The quantitative estimate of drug-likeness (QED) is 0.422. The molecule has 7 heteroatoms. The zero-order chi connectivity index (χ0) is 7.49. The Balaban J connectivity index is 0. The topological polar surface area (TPSA) is 34.1 Å². The molecule has 0 aromatic rings. The Morgan fingerprint density at radius 3 is 1.70 bits per heavy atom. The number of thiol groups is 1. The molecule has 0 aliphatic carbocycles. The third-order valence-corrected chi connectivity index (χ3v) is 1.73. The summed E-state index contributed by atoms with van der Waals surface area (Å²) in [5, 5.41) is 0. The van der Waals surface area contributed by atoms with E-state index in [0.717, 1.165) is 0 Å². The standard InChI is InChI=1S/C3H5Cl3O2S.Li.H/c4-3(5,6)1-2-9(7)8;;/h9H,1-2H2;;. The molecular weight excluding hydrogens is 213 g/mol. The summed E-state index contributed by atoms with van der Waals surface area (Å²) in [6.07, 6.45) is 0.0520. The molecule has 0 aromatic heterocycles. The van der Waals surface area contributed by atoms with Crippen LogP contribution in [0.4, 0.5) is 0 Å². The van der Waals surface area contributed by atoms with Crippen molar-refractivity contribution >= 4 is 64.4 Å². The van der Waals surface area contributed by atoms with Gasteiger partial charge in [0.1, 0.15) is 10.7 Å². The first-order valence-electron chi connectivity index (χ1n) is 2.10. The molecule has 0 unspecified atom stereocenters. The maximum absolute atomic E-state index is 9.91. The molecule has 0 spiro atoms. The molecule has 2 nitrogen and oxygen atoms in total. The molecule has 0 amide bonds. The average Bonchev–Trinajstić information content (AvgIpc) is 1.59. The molecule has 0 saturated heterocycles. The minimum absolute atomic E-state index is 0. The molecule has 0 rings (SSSR count). The van der Waals surface area contributed by atoms with E-state index in [2.05, 4.69) is 0 Å². The van der Waals surface area contributed by atoms with Crippen molar-refractivity contribution in [1.82, 2.24) is 0 Å². The van der Waals surface area contributed by atoms with Gasteiger partial charge >= 0.3 is 18.9 Å². The van der Waals surface area contributed by atoms with Gasteiger partial charge in [-0.15, -0.1) is 0 Å². The summed E-state index contributed by atoms with van der Waals surface area (Å²) in [4.78, 5) is 0. The van der Waals surface area contributed by atoms with Crippen LogP contribution in [0.2, 0.25) is 0 Å². The van der Waals surface area contributed by atoms with Crippen LogP contribution in [-0.4, -0.2) is 36.8 Å². The van der Waals surface area contributed by atoms with Gasteiger partial charge in [0.15, 0.2) is 3.79 Å². The molecule has 0 N–H and O–H groups in total. The van der Waals surface area contributed by atoms with Crippen molar-refractivity contribution in [3.8, 4) is 0 Å². The fourth-order valence-electron chi connectivity index (χ4n) is 0.218. The van der Waals surface area contributed by atoms with Crippen LogP contribution in [0.25, 0.3) is 0 Å². The Morgan fingerprint density at radius 2 is 1.60 bits per heavy atom. The van der Waals surface area contributed by atoms with Crippen LogP contribution < -0.4 is 0 Å². The van der Waals surface area contributed by atoms with Gasteiger partial charge in [0.2, 0.25) is 0 Å². The summed E-state index contributed by atoms with van der Waals surface area (Å²) in [6.45, 7) is 0. The van der Waals surface area contributed by atoms with E-state index in [1.165, 1.54) is 0 Å². The van der Waals surface area contributed by atoms with Crippen molar-refractivity contribution in [3.63, 3.8) is 0 Å². The van der Waals surface area contributed by atoms with E-state index in [-0.39, 0.29) is 31.0 Å². The first-order valence-corrected chi connectivity index (χ1v) is 4.60. The average molecular weight is 219 g/mol. The van der Waals surface area contributed by atoms with E-state index < -0.39 is 14.5 Å². The zero-order valence-corrected chi connectivity index (χ0v) is 7.47. The van der Waals surface area contributed by atoms with E-state index in [1.807, 2.05) is 0 Å². The molecule has 0 aliphatic heterocycles. The van der Waals surface area contributed by atoms with Crippen LogP contribution in [0.3, 0.4) is 0 Å². The fraction of sp³-hybridized carbons (Fsp3) is 1.00. The molecule has 0 saturated carbocycles. The zero-order valence-electron chi connectivity index (χ0n) is 4.31. The Bertz CT molecular complexity index is 144. The van der Waals surface area contributed by atoms with Crippen LogP contribution in [0.1, 0.15) is 6.42 Å². The first kappa shape index (κ1) is 14.0. The molecule has 0 heterocycles. The van der Waals surface area contributed by atoms with Crippen molar-refractivity contribution in [3.05, 3.63) is 0 Å². The molecule has 0 radical (unpaired) electrons. The molecular formula is C3H6Cl3LiO2S. The third-order valence-electron chi connectivity index (χ3n) is 0.578. The van der Waals surface area contributed by atoms with Crippen molar-refractivity contribution in [2.45, 2.75) is 10.2 Å². The van der Waals surface area contributed by atoms with Crippen LogP contribution in [0.15, 0.2) is 0 Å². The van der Waals surface area contributed by atoms with E-state index in [0.29, 0.717) is 0 Å². The molecule has 0 fully saturated rings. The van der Waals surface area contributed by atoms with E-state index in [1.54, 1.807) is 0 Å². The van der Waals surface area contributed by atoms with Crippen LogP contribution in [0.5, 0.6) is 0 Å². The molecule has 0 bridgehead atoms. The first-order chi connectivity index (χ1) is 3.92. The van der Waals surface area contributed by atoms with Crippen molar-refractivity contribution in [1.29, 1.82) is 0 Å². The normalized spacial score (nSPS) is 11.2. The number of hydrogen-bond donors (Lipinski definition) is 1. The predicted molar refractivity (Wildman–Crippen MR) is 47.2 cm³/mol. The van der Waals surface area contributed by atoms with E-state index in [4.69, 9.17) is 34.8 Å². The van der Waals surface area contributed by atoms with Crippen LogP contribution >= 0.6 is 34.8 Å². The Hall–Kier alpha value is 1.42. The summed E-state index contributed by atoms with van der Waals surface area (Å²) in [7, 11) is -2.42. The summed E-state index contributed by atoms with van der Waals surface area (Å²) in [6, 6.07) is 0. The predicted octanol–water partition coefficient (Wildman–Crippen LogP) is 0.710. The third kappa shape index (κ3) is 12.1. The van der Waals surface area contributed by atoms with Crippen LogP contribution in [-0.2, 0) is 10.7 Å². The van der Waals surface area contributed by atoms with Crippen LogP contribution in [0, 0.1) is 0 Å². The Kier molecular flexibility index (Phi) is 8.37. The van der Waals surface area contributed by atoms with Crippen molar-refractivity contribution in [2.75, 3.05) is 5.75 Å². The summed E-state index contributed by atoms with van der Waals surface area (Å²) in [5.74, 6) is -0.0775. The second-order valence-electron chi connectivity index (χ2n) is 1.42. The van der Waals surface area contributed by atoms with Crippen molar-refractivity contribution < 1.29 is 8.42 Å². The number of alkyl halides is 3. The van der Waals surface area contributed by atoms with Gasteiger partial charge in [0.05, 0.1) is 5.75 Å². The Labute approximate surface area is 88.3 Å². The minimum atomic E-state index is -2.42. The van der Waals surface area contributed by atoms with Gasteiger partial charge in [-0.25, -0.2) is 8.42 Å². The number of rotatable bonds is 2. The van der Waals surface area contributed by atoms with E-state index >= 15 is 0 Å². The summed E-state index contributed by atoms with van der Waals surface area (Å²) in [5.41, 5.74) is 0. The van der Waals surface area contributed by atoms with Gasteiger partial charge in [-0.2, -0.15) is 0 Å². The summed E-state index contributed by atoms with van der Waals surface area (Å²) < 4.78 is 18.4. The van der Waals surface area contributed by atoms with Crippen molar-refractivity contribution in [2.24, 2.45) is 0 Å². The van der Waals surface area contributed by atoms with Gasteiger partial charge in [0, 0.05) is 6.42 Å². The van der Waals surface area contributed by atoms with Gasteiger partial charge < -0.3 is 0 Å². The van der Waals surface area contributed by atoms with Gasteiger partial charge in [0.25, 0.3) is 0 Å². The number of hydrogen-bond acceptors (Lipinski definition) is 2. The maximum atomic E-state index is 9.91. The van der Waals surface area contributed by atoms with Gasteiger partial charge in [-0.05, 0) is 0 Å². The fourth-order valence-corrected chi connectivity index (χ4v) is 1.41. The SMILES string of the molecule is O=[SH](=O)CCC(Cl)(Cl)Cl.[LiH]. The second-order valence-corrected chi connectivity index (χ2v) is 5.05.